The third-order valence-electron chi connectivity index (χ3n) is 6.35. The van der Waals surface area contributed by atoms with Crippen molar-refractivity contribution in [1.82, 2.24) is 14.8 Å². The van der Waals surface area contributed by atoms with Crippen molar-refractivity contribution < 1.29 is 4.79 Å². The SMILES string of the molecule is Cc1ccccc1-c1cc(C(=O)N2CCN(Cc3ccccc3)CC2)c2cccc(Cl)c2n1. The largest absolute Gasteiger partial charge is 0.336 e. The second-order valence-corrected chi connectivity index (χ2v) is 8.97. The van der Waals surface area contributed by atoms with Gasteiger partial charge in [-0.05, 0) is 30.2 Å². The van der Waals surface area contributed by atoms with Gasteiger partial charge in [-0.15, -0.1) is 0 Å². The van der Waals surface area contributed by atoms with Gasteiger partial charge < -0.3 is 4.90 Å². The monoisotopic (exact) mass is 455 g/mol. The van der Waals surface area contributed by atoms with Crippen LogP contribution in [0.1, 0.15) is 21.5 Å². The van der Waals surface area contributed by atoms with Gasteiger partial charge in [-0.3, -0.25) is 9.69 Å². The maximum absolute atomic E-state index is 13.7. The zero-order valence-corrected chi connectivity index (χ0v) is 19.4. The Kier molecular flexibility index (Phi) is 6.12. The number of para-hydroxylation sites is 1. The summed E-state index contributed by atoms with van der Waals surface area (Å²) in [5.74, 6) is 0.0406. The van der Waals surface area contributed by atoms with Crippen molar-refractivity contribution in [3.63, 3.8) is 0 Å². The lowest BCUT2D eigenvalue weighted by Gasteiger charge is -2.35. The van der Waals surface area contributed by atoms with Crippen LogP contribution in [0.5, 0.6) is 0 Å². The number of carbonyl (C=O) groups is 1. The first-order chi connectivity index (χ1) is 16.1. The maximum Gasteiger partial charge on any atom is 0.254 e. The molecule has 0 radical (unpaired) electrons. The normalized spacial score (nSPS) is 14.5. The molecule has 3 aromatic carbocycles. The molecule has 0 saturated carbocycles. The average Bonchev–Trinajstić information content (AvgIpc) is 2.85. The van der Waals surface area contributed by atoms with Gasteiger partial charge in [0.25, 0.3) is 5.91 Å². The van der Waals surface area contributed by atoms with Gasteiger partial charge >= 0.3 is 0 Å². The number of hydrogen-bond acceptors (Lipinski definition) is 3. The molecule has 0 spiro atoms. The highest BCUT2D eigenvalue weighted by molar-refractivity contribution is 6.35. The number of benzene rings is 3. The molecule has 0 aliphatic carbocycles. The molecule has 1 amide bonds. The molecule has 1 aliphatic heterocycles. The zero-order valence-electron chi connectivity index (χ0n) is 18.7. The van der Waals surface area contributed by atoms with E-state index in [1.54, 1.807) is 0 Å². The standard InChI is InChI=1S/C28H26ClN3O/c1-20-8-5-6-11-22(20)26-18-24(23-12-7-13-25(29)27(23)30-26)28(33)32-16-14-31(15-17-32)19-21-9-3-2-4-10-21/h2-13,18H,14-17,19H2,1H3. The first-order valence-corrected chi connectivity index (χ1v) is 11.7. The number of amides is 1. The predicted octanol–water partition coefficient (Wildman–Crippen LogP) is 5.82. The van der Waals surface area contributed by atoms with Gasteiger partial charge in [0.2, 0.25) is 0 Å². The van der Waals surface area contributed by atoms with Crippen LogP contribution < -0.4 is 0 Å². The number of hydrogen-bond donors (Lipinski definition) is 0. The van der Waals surface area contributed by atoms with Gasteiger partial charge in [0.05, 0.1) is 21.8 Å². The van der Waals surface area contributed by atoms with Crippen LogP contribution in [0.4, 0.5) is 0 Å². The van der Waals surface area contributed by atoms with E-state index in [1.165, 1.54) is 5.56 Å². The van der Waals surface area contributed by atoms with Crippen molar-refractivity contribution in [3.8, 4) is 11.3 Å². The van der Waals surface area contributed by atoms with Crippen LogP contribution in [0.3, 0.4) is 0 Å². The lowest BCUT2D eigenvalue weighted by molar-refractivity contribution is 0.0630. The number of carbonyl (C=O) groups excluding carboxylic acids is 1. The lowest BCUT2D eigenvalue weighted by atomic mass is 10.00. The van der Waals surface area contributed by atoms with E-state index in [9.17, 15) is 4.79 Å². The first-order valence-electron chi connectivity index (χ1n) is 11.3. The van der Waals surface area contributed by atoms with E-state index in [2.05, 4.69) is 42.2 Å². The Balaban J connectivity index is 1.44. The summed E-state index contributed by atoms with van der Waals surface area (Å²) >= 11 is 6.52. The summed E-state index contributed by atoms with van der Waals surface area (Å²) in [5, 5.41) is 1.36. The third-order valence-corrected chi connectivity index (χ3v) is 6.66. The van der Waals surface area contributed by atoms with Gasteiger partial charge in [0, 0.05) is 43.7 Å². The zero-order chi connectivity index (χ0) is 22.8. The number of halogens is 1. The number of piperazine rings is 1. The fraction of sp³-hybridized carbons (Fsp3) is 0.214. The van der Waals surface area contributed by atoms with E-state index >= 15 is 0 Å². The highest BCUT2D eigenvalue weighted by Gasteiger charge is 2.25. The Morgan fingerprint density at radius 2 is 1.64 bits per heavy atom. The van der Waals surface area contributed by atoms with Crippen molar-refractivity contribution >= 4 is 28.4 Å². The molecule has 1 saturated heterocycles. The number of aromatic nitrogens is 1. The summed E-state index contributed by atoms with van der Waals surface area (Å²) in [7, 11) is 0. The van der Waals surface area contributed by atoms with E-state index in [4.69, 9.17) is 16.6 Å². The van der Waals surface area contributed by atoms with Crippen LogP contribution in [-0.2, 0) is 6.54 Å². The second kappa shape index (κ2) is 9.34. The first kappa shape index (κ1) is 21.6. The van der Waals surface area contributed by atoms with Gasteiger partial charge in [-0.2, -0.15) is 0 Å². The topological polar surface area (TPSA) is 36.4 Å². The van der Waals surface area contributed by atoms with E-state index in [0.717, 1.165) is 41.8 Å². The number of rotatable bonds is 4. The van der Waals surface area contributed by atoms with Crippen LogP contribution in [0.2, 0.25) is 5.02 Å². The van der Waals surface area contributed by atoms with Crippen molar-refractivity contribution in [2.75, 3.05) is 26.2 Å². The molecule has 166 valence electrons. The smallest absolute Gasteiger partial charge is 0.254 e. The average molecular weight is 456 g/mol. The molecule has 0 bridgehead atoms. The summed E-state index contributed by atoms with van der Waals surface area (Å²) < 4.78 is 0. The molecule has 4 aromatic rings. The summed E-state index contributed by atoms with van der Waals surface area (Å²) in [6.07, 6.45) is 0. The number of pyridine rings is 1. The van der Waals surface area contributed by atoms with Crippen LogP contribution in [0.15, 0.2) is 78.9 Å². The van der Waals surface area contributed by atoms with Crippen molar-refractivity contribution in [1.29, 1.82) is 0 Å². The molecule has 0 N–H and O–H groups in total. The van der Waals surface area contributed by atoms with Gasteiger partial charge in [0.1, 0.15) is 0 Å². The van der Waals surface area contributed by atoms with Crippen molar-refractivity contribution in [2.24, 2.45) is 0 Å². The molecule has 1 aliphatic rings. The molecule has 0 atom stereocenters. The quantitative estimate of drug-likeness (QED) is 0.389. The number of nitrogens with zero attached hydrogens (tertiary/aromatic N) is 3. The maximum atomic E-state index is 13.7. The summed E-state index contributed by atoms with van der Waals surface area (Å²) in [5.41, 5.74) is 5.54. The molecule has 5 heteroatoms. The van der Waals surface area contributed by atoms with Crippen LogP contribution >= 0.6 is 11.6 Å². The number of fused-ring (bicyclic) bond motifs is 1. The van der Waals surface area contributed by atoms with Crippen molar-refractivity contribution in [3.05, 3.63) is 101 Å². The van der Waals surface area contributed by atoms with Crippen LogP contribution in [0, 0.1) is 6.92 Å². The molecule has 1 aromatic heterocycles. The Labute approximate surface area is 199 Å². The summed E-state index contributed by atoms with van der Waals surface area (Å²) in [6.45, 7) is 6.09. The lowest BCUT2D eigenvalue weighted by Crippen LogP contribution is -2.48. The highest BCUT2D eigenvalue weighted by atomic mass is 35.5. The Morgan fingerprint density at radius 1 is 0.909 bits per heavy atom. The van der Waals surface area contributed by atoms with Gasteiger partial charge in [-0.25, -0.2) is 4.98 Å². The molecule has 2 heterocycles. The number of aryl methyl sites for hydroxylation is 1. The van der Waals surface area contributed by atoms with Gasteiger partial charge in [0.15, 0.2) is 0 Å². The second-order valence-electron chi connectivity index (χ2n) is 8.56. The summed E-state index contributed by atoms with van der Waals surface area (Å²) in [4.78, 5) is 22.9. The molecule has 4 nitrogen and oxygen atoms in total. The minimum Gasteiger partial charge on any atom is -0.336 e. The van der Waals surface area contributed by atoms with Crippen LogP contribution in [-0.4, -0.2) is 46.9 Å². The van der Waals surface area contributed by atoms with Crippen LogP contribution in [0.25, 0.3) is 22.2 Å². The summed E-state index contributed by atoms with van der Waals surface area (Å²) in [6, 6.07) is 26.2. The fourth-order valence-electron chi connectivity index (χ4n) is 4.51. The molecular weight excluding hydrogens is 430 g/mol. The van der Waals surface area contributed by atoms with Gasteiger partial charge in [-0.1, -0.05) is 78.3 Å². The van der Waals surface area contributed by atoms with E-state index in [0.29, 0.717) is 29.2 Å². The minimum atomic E-state index is 0.0406. The molecule has 0 unspecified atom stereocenters. The third kappa shape index (κ3) is 4.50. The molecular formula is C28H26ClN3O. The fourth-order valence-corrected chi connectivity index (χ4v) is 4.73. The Morgan fingerprint density at radius 3 is 2.39 bits per heavy atom. The van der Waals surface area contributed by atoms with E-state index in [-0.39, 0.29) is 5.91 Å². The molecule has 1 fully saturated rings. The predicted molar refractivity (Wildman–Crippen MR) is 135 cm³/mol. The minimum absolute atomic E-state index is 0.0406. The Hall–Kier alpha value is -3.21. The van der Waals surface area contributed by atoms with E-state index in [1.807, 2.05) is 53.4 Å². The highest BCUT2D eigenvalue weighted by Crippen LogP contribution is 2.31. The Bertz CT molecular complexity index is 1300. The molecule has 33 heavy (non-hydrogen) atoms. The van der Waals surface area contributed by atoms with Crippen molar-refractivity contribution in [2.45, 2.75) is 13.5 Å². The van der Waals surface area contributed by atoms with E-state index < -0.39 is 0 Å². The molecule has 5 rings (SSSR count).